The van der Waals surface area contributed by atoms with E-state index >= 15 is 0 Å². The van der Waals surface area contributed by atoms with E-state index in [9.17, 15) is 14.4 Å². The number of carbonyl (C=O) groups is 3. The molecule has 3 amide bonds. The number of piperazine rings is 1. The molecule has 3 aliphatic heterocycles. The number of hydrogen-bond donors (Lipinski definition) is 2. The number of hydrogen-bond acceptors (Lipinski definition) is 8. The van der Waals surface area contributed by atoms with E-state index in [1.165, 1.54) is 12.0 Å². The van der Waals surface area contributed by atoms with Gasteiger partial charge in [-0.3, -0.25) is 14.9 Å². The fourth-order valence-electron chi connectivity index (χ4n) is 3.01. The van der Waals surface area contributed by atoms with E-state index in [4.69, 9.17) is 4.74 Å². The number of guanidine groups is 1. The maximum atomic E-state index is 12.3. The highest BCUT2D eigenvalue weighted by molar-refractivity contribution is 6.04. The van der Waals surface area contributed by atoms with Gasteiger partial charge in [0.05, 0.1) is 7.11 Å². The molecule has 2 unspecified atom stereocenters. The first-order chi connectivity index (χ1) is 11.0. The summed E-state index contributed by atoms with van der Waals surface area (Å²) in [6, 6.07) is -1.21. The number of nitrogens with one attached hydrogen (secondary N) is 2. The number of aliphatic imine (C=N–C) groups is 1. The van der Waals surface area contributed by atoms with Gasteiger partial charge >= 0.3 is 12.0 Å². The Morgan fingerprint density at radius 3 is 2.70 bits per heavy atom. The van der Waals surface area contributed by atoms with Crippen molar-refractivity contribution in [2.24, 2.45) is 4.99 Å². The standard InChI is InChI=1S/C13H20N6O4/c1-17-10-9(11(21)16-13(17)22)19(7-8(20)23-2)12(15-10)18-5-3-14-4-6-18/h9-10,14H,3-7H2,1-2H3,(H,16,21,22). The van der Waals surface area contributed by atoms with Crippen LogP contribution < -0.4 is 10.6 Å². The molecule has 126 valence electrons. The van der Waals surface area contributed by atoms with Gasteiger partial charge in [-0.25, -0.2) is 9.79 Å². The highest BCUT2D eigenvalue weighted by Crippen LogP contribution is 2.25. The van der Waals surface area contributed by atoms with Gasteiger partial charge in [-0.15, -0.1) is 0 Å². The van der Waals surface area contributed by atoms with Crippen LogP contribution in [0.15, 0.2) is 4.99 Å². The summed E-state index contributed by atoms with van der Waals surface area (Å²) < 4.78 is 4.73. The summed E-state index contributed by atoms with van der Waals surface area (Å²) >= 11 is 0. The lowest BCUT2D eigenvalue weighted by Gasteiger charge is -2.38. The number of rotatable bonds is 2. The van der Waals surface area contributed by atoms with Crippen LogP contribution in [-0.4, -0.2) is 97.7 Å². The maximum absolute atomic E-state index is 12.3. The van der Waals surface area contributed by atoms with Gasteiger partial charge in [-0.2, -0.15) is 0 Å². The Kier molecular flexibility index (Phi) is 4.07. The van der Waals surface area contributed by atoms with Gasteiger partial charge < -0.3 is 24.8 Å². The van der Waals surface area contributed by atoms with Crippen molar-refractivity contribution in [3.05, 3.63) is 0 Å². The number of likely N-dealkylation sites (N-methyl/N-ethyl adjacent to an activating group) is 1. The van der Waals surface area contributed by atoms with Crippen LogP contribution in [0.1, 0.15) is 0 Å². The second-order valence-corrected chi connectivity index (χ2v) is 5.63. The van der Waals surface area contributed by atoms with Crippen LogP contribution in [0.25, 0.3) is 0 Å². The zero-order valence-electron chi connectivity index (χ0n) is 13.1. The zero-order chi connectivity index (χ0) is 16.6. The lowest BCUT2D eigenvalue weighted by atomic mass is 10.1. The number of nitrogens with zero attached hydrogens (tertiary/aromatic N) is 4. The molecule has 0 aromatic heterocycles. The first-order valence-corrected chi connectivity index (χ1v) is 7.47. The Morgan fingerprint density at radius 2 is 2.04 bits per heavy atom. The average Bonchev–Trinajstić information content (AvgIpc) is 2.93. The van der Waals surface area contributed by atoms with Gasteiger partial charge in [0.2, 0.25) is 0 Å². The van der Waals surface area contributed by atoms with E-state index in [-0.39, 0.29) is 6.54 Å². The smallest absolute Gasteiger partial charge is 0.325 e. The molecule has 2 N–H and O–H groups in total. The number of amides is 3. The summed E-state index contributed by atoms with van der Waals surface area (Å²) in [6.07, 6.45) is -0.634. The minimum atomic E-state index is -0.721. The zero-order valence-corrected chi connectivity index (χ0v) is 13.1. The minimum absolute atomic E-state index is 0.0874. The Morgan fingerprint density at radius 1 is 1.35 bits per heavy atom. The molecule has 23 heavy (non-hydrogen) atoms. The summed E-state index contributed by atoms with van der Waals surface area (Å²) in [5, 5.41) is 5.54. The summed E-state index contributed by atoms with van der Waals surface area (Å²) in [7, 11) is 2.88. The van der Waals surface area contributed by atoms with E-state index in [1.54, 1.807) is 11.9 Å². The predicted octanol–water partition coefficient (Wildman–Crippen LogP) is -2.39. The molecule has 3 rings (SSSR count). The third-order valence-electron chi connectivity index (χ3n) is 4.27. The molecule has 10 heteroatoms. The molecular weight excluding hydrogens is 304 g/mol. The predicted molar refractivity (Wildman–Crippen MR) is 79.5 cm³/mol. The molecule has 0 aromatic rings. The number of esters is 1. The lowest BCUT2D eigenvalue weighted by molar-refractivity contribution is -0.142. The molecule has 2 atom stereocenters. The van der Waals surface area contributed by atoms with E-state index in [1.807, 2.05) is 4.90 Å². The summed E-state index contributed by atoms with van der Waals surface area (Å²) in [6.45, 7) is 2.93. The summed E-state index contributed by atoms with van der Waals surface area (Å²) in [5.74, 6) is -0.347. The Hall–Kier alpha value is -2.36. The quantitative estimate of drug-likeness (QED) is 0.546. The van der Waals surface area contributed by atoms with Crippen molar-refractivity contribution in [1.29, 1.82) is 0 Å². The molecule has 10 nitrogen and oxygen atoms in total. The first kappa shape index (κ1) is 15.5. The molecule has 3 aliphatic rings. The highest BCUT2D eigenvalue weighted by Gasteiger charge is 2.50. The van der Waals surface area contributed by atoms with Crippen molar-refractivity contribution in [3.8, 4) is 0 Å². The third-order valence-corrected chi connectivity index (χ3v) is 4.27. The van der Waals surface area contributed by atoms with Gasteiger partial charge in [-0.05, 0) is 0 Å². The Labute approximate surface area is 133 Å². The number of urea groups is 1. The van der Waals surface area contributed by atoms with Gasteiger partial charge in [0.1, 0.15) is 6.54 Å². The SMILES string of the molecule is COC(=O)CN1C(N2CCNCC2)=NC2C1C(=O)NC(=O)N2C. The van der Waals surface area contributed by atoms with Gasteiger partial charge in [-0.1, -0.05) is 0 Å². The van der Waals surface area contributed by atoms with Crippen molar-refractivity contribution in [3.63, 3.8) is 0 Å². The van der Waals surface area contributed by atoms with Crippen molar-refractivity contribution in [2.75, 3.05) is 46.9 Å². The number of imide groups is 1. The van der Waals surface area contributed by atoms with Crippen molar-refractivity contribution in [1.82, 2.24) is 25.3 Å². The number of methoxy groups -OCH3 is 1. The molecule has 0 aromatic carbocycles. The summed E-state index contributed by atoms with van der Waals surface area (Å²) in [5.41, 5.74) is 0. The maximum Gasteiger partial charge on any atom is 0.325 e. The number of carbonyl (C=O) groups excluding carboxylic acids is 3. The molecule has 0 spiro atoms. The van der Waals surface area contributed by atoms with Crippen LogP contribution in [0.2, 0.25) is 0 Å². The average molecular weight is 324 g/mol. The second-order valence-electron chi connectivity index (χ2n) is 5.63. The highest BCUT2D eigenvalue weighted by atomic mass is 16.5. The normalized spacial score (nSPS) is 27.6. The van der Waals surface area contributed by atoms with E-state index < -0.39 is 30.1 Å². The fraction of sp³-hybridized carbons (Fsp3) is 0.692. The van der Waals surface area contributed by atoms with Crippen LogP contribution in [0, 0.1) is 0 Å². The van der Waals surface area contributed by atoms with Gasteiger partial charge in [0.15, 0.2) is 18.2 Å². The number of fused-ring (bicyclic) bond motifs is 1. The fourth-order valence-corrected chi connectivity index (χ4v) is 3.01. The molecule has 3 heterocycles. The molecular formula is C13H20N6O4. The summed E-state index contributed by atoms with van der Waals surface area (Å²) in [4.78, 5) is 45.4. The molecule has 0 aliphatic carbocycles. The second kappa shape index (κ2) is 6.03. The van der Waals surface area contributed by atoms with Crippen LogP contribution in [0.4, 0.5) is 4.79 Å². The van der Waals surface area contributed by atoms with Crippen LogP contribution in [0.5, 0.6) is 0 Å². The minimum Gasteiger partial charge on any atom is -0.468 e. The molecule has 0 bridgehead atoms. The van der Waals surface area contributed by atoms with Crippen LogP contribution in [-0.2, 0) is 14.3 Å². The van der Waals surface area contributed by atoms with Crippen molar-refractivity contribution >= 4 is 23.9 Å². The van der Waals surface area contributed by atoms with Crippen LogP contribution >= 0.6 is 0 Å². The van der Waals surface area contributed by atoms with E-state index in [2.05, 4.69) is 15.6 Å². The Bertz CT molecular complexity index is 559. The van der Waals surface area contributed by atoms with Crippen molar-refractivity contribution in [2.45, 2.75) is 12.2 Å². The molecule has 0 radical (unpaired) electrons. The van der Waals surface area contributed by atoms with Crippen molar-refractivity contribution < 1.29 is 19.1 Å². The third kappa shape index (κ3) is 2.69. The largest absolute Gasteiger partial charge is 0.468 e. The van der Waals surface area contributed by atoms with Crippen LogP contribution in [0.3, 0.4) is 0 Å². The monoisotopic (exact) mass is 324 g/mol. The molecule has 2 saturated heterocycles. The molecule has 2 fully saturated rings. The first-order valence-electron chi connectivity index (χ1n) is 7.47. The van der Waals surface area contributed by atoms with E-state index in [0.29, 0.717) is 5.96 Å². The Balaban J connectivity index is 1.91. The number of ether oxygens (including phenoxy) is 1. The van der Waals surface area contributed by atoms with Gasteiger partial charge in [0, 0.05) is 33.2 Å². The lowest BCUT2D eigenvalue weighted by Crippen LogP contribution is -2.65. The topological polar surface area (TPSA) is 107 Å². The van der Waals surface area contributed by atoms with Gasteiger partial charge in [0.25, 0.3) is 5.91 Å². The van der Waals surface area contributed by atoms with E-state index in [0.717, 1.165) is 26.2 Å². The molecule has 0 saturated carbocycles.